The van der Waals surface area contributed by atoms with E-state index < -0.39 is 0 Å². The molecule has 2 aromatic rings. The fraction of sp³-hybridized carbons (Fsp3) is 0.500. The van der Waals surface area contributed by atoms with Crippen molar-refractivity contribution in [2.45, 2.75) is 31.9 Å². The summed E-state index contributed by atoms with van der Waals surface area (Å²) in [6.07, 6.45) is 2.81. The van der Waals surface area contributed by atoms with Gasteiger partial charge in [0.2, 0.25) is 5.91 Å². The average Bonchev–Trinajstić information content (AvgIpc) is 3.19. The summed E-state index contributed by atoms with van der Waals surface area (Å²) in [6.45, 7) is 3.01. The van der Waals surface area contributed by atoms with Crippen molar-refractivity contribution in [2.24, 2.45) is 0 Å². The molecule has 1 aliphatic heterocycles. The highest BCUT2D eigenvalue weighted by molar-refractivity contribution is 5.93. The fourth-order valence-electron chi connectivity index (χ4n) is 3.42. The molecule has 1 aromatic heterocycles. The third-order valence-corrected chi connectivity index (χ3v) is 4.63. The number of carbonyl (C=O) groups is 1. The Bertz CT molecular complexity index is 712. The summed E-state index contributed by atoms with van der Waals surface area (Å²) >= 11 is 0. The predicted octanol–water partition coefficient (Wildman–Crippen LogP) is 1.72. The number of amides is 1. The molecule has 0 bridgehead atoms. The fourth-order valence-corrected chi connectivity index (χ4v) is 3.42. The van der Waals surface area contributed by atoms with Crippen LogP contribution in [0.25, 0.3) is 10.9 Å². The standard InChI is InChI=1S/C18H24N2O4/c1-3-24-16-6-4-5-15-18(16)12(9-19-15)7-17(22)20-10-14(23-2)8-13(20)11-21/h4-6,9,13-14,19,21H,3,7-8,10-11H2,1-2H3/t13-,14-/m0/s1. The Kier molecular flexibility index (Phi) is 5.06. The number of hydrogen-bond donors (Lipinski definition) is 2. The maximum atomic E-state index is 12.8. The third kappa shape index (κ3) is 3.12. The van der Waals surface area contributed by atoms with Gasteiger partial charge >= 0.3 is 0 Å². The highest BCUT2D eigenvalue weighted by Crippen LogP contribution is 2.30. The minimum absolute atomic E-state index is 0.000742. The number of ether oxygens (including phenoxy) is 2. The summed E-state index contributed by atoms with van der Waals surface area (Å²) in [5, 5.41) is 10.5. The van der Waals surface area contributed by atoms with E-state index in [2.05, 4.69) is 4.98 Å². The molecular formula is C18H24N2O4. The number of aliphatic hydroxyl groups is 1. The first kappa shape index (κ1) is 16.8. The third-order valence-electron chi connectivity index (χ3n) is 4.63. The first-order valence-corrected chi connectivity index (χ1v) is 8.32. The Morgan fingerprint density at radius 2 is 2.29 bits per heavy atom. The number of aromatic amines is 1. The maximum absolute atomic E-state index is 12.8. The van der Waals surface area contributed by atoms with Gasteiger partial charge in [0.1, 0.15) is 5.75 Å². The number of aromatic nitrogens is 1. The van der Waals surface area contributed by atoms with Crippen molar-refractivity contribution in [1.29, 1.82) is 0 Å². The molecule has 0 radical (unpaired) electrons. The second-order valence-electron chi connectivity index (χ2n) is 6.08. The summed E-state index contributed by atoms with van der Waals surface area (Å²) in [4.78, 5) is 17.7. The molecule has 1 fully saturated rings. The normalized spacial score (nSPS) is 20.7. The lowest BCUT2D eigenvalue weighted by molar-refractivity contribution is -0.132. The lowest BCUT2D eigenvalue weighted by atomic mass is 10.1. The van der Waals surface area contributed by atoms with E-state index in [1.807, 2.05) is 31.3 Å². The summed E-state index contributed by atoms with van der Waals surface area (Å²) in [6, 6.07) is 5.65. The van der Waals surface area contributed by atoms with Crippen LogP contribution in [0.2, 0.25) is 0 Å². The molecule has 1 amide bonds. The maximum Gasteiger partial charge on any atom is 0.227 e. The predicted molar refractivity (Wildman–Crippen MR) is 91.2 cm³/mol. The topological polar surface area (TPSA) is 74.8 Å². The van der Waals surface area contributed by atoms with E-state index in [-0.39, 0.29) is 31.1 Å². The van der Waals surface area contributed by atoms with Crippen molar-refractivity contribution >= 4 is 16.8 Å². The van der Waals surface area contributed by atoms with Crippen LogP contribution in [-0.2, 0) is 16.0 Å². The molecule has 3 rings (SSSR count). The molecule has 24 heavy (non-hydrogen) atoms. The molecule has 0 saturated carbocycles. The number of hydrogen-bond acceptors (Lipinski definition) is 4. The highest BCUT2D eigenvalue weighted by atomic mass is 16.5. The molecule has 0 spiro atoms. The molecule has 2 atom stereocenters. The van der Waals surface area contributed by atoms with Gasteiger partial charge in [-0.05, 0) is 31.0 Å². The van der Waals surface area contributed by atoms with Gasteiger partial charge in [-0.3, -0.25) is 4.79 Å². The van der Waals surface area contributed by atoms with Crippen molar-refractivity contribution in [3.8, 4) is 5.75 Å². The van der Waals surface area contributed by atoms with Gasteiger partial charge in [0.05, 0.1) is 31.8 Å². The molecule has 0 aliphatic carbocycles. The zero-order valence-electron chi connectivity index (χ0n) is 14.1. The number of methoxy groups -OCH3 is 1. The lowest BCUT2D eigenvalue weighted by Gasteiger charge is -2.22. The monoisotopic (exact) mass is 332 g/mol. The van der Waals surface area contributed by atoms with Crippen molar-refractivity contribution < 1.29 is 19.4 Å². The van der Waals surface area contributed by atoms with Crippen LogP contribution in [0.1, 0.15) is 18.9 Å². The number of H-pyrrole nitrogens is 1. The molecule has 1 aliphatic rings. The second kappa shape index (κ2) is 7.23. The van der Waals surface area contributed by atoms with Gasteiger partial charge in [0.25, 0.3) is 0 Å². The van der Waals surface area contributed by atoms with E-state index in [9.17, 15) is 9.90 Å². The first-order chi connectivity index (χ1) is 11.7. The summed E-state index contributed by atoms with van der Waals surface area (Å²) < 4.78 is 11.0. The molecule has 6 heteroatoms. The molecular weight excluding hydrogens is 308 g/mol. The van der Waals surface area contributed by atoms with Gasteiger partial charge in [0, 0.05) is 30.8 Å². The number of carbonyl (C=O) groups excluding carboxylic acids is 1. The number of nitrogens with zero attached hydrogens (tertiary/aromatic N) is 1. The van der Waals surface area contributed by atoms with Crippen molar-refractivity contribution in [3.05, 3.63) is 30.0 Å². The Morgan fingerprint density at radius 3 is 3.00 bits per heavy atom. The SMILES string of the molecule is CCOc1cccc2[nH]cc(CC(=O)N3C[C@@H](OC)C[C@H]3CO)c12. The molecule has 2 heterocycles. The van der Waals surface area contributed by atoms with Crippen molar-refractivity contribution in [1.82, 2.24) is 9.88 Å². The number of aliphatic hydroxyl groups excluding tert-OH is 1. The number of rotatable bonds is 6. The Hall–Kier alpha value is -2.05. The number of benzene rings is 1. The van der Waals surface area contributed by atoms with Gasteiger partial charge in [0.15, 0.2) is 0 Å². The molecule has 2 N–H and O–H groups in total. The lowest BCUT2D eigenvalue weighted by Crippen LogP contribution is -2.38. The summed E-state index contributed by atoms with van der Waals surface area (Å²) in [7, 11) is 1.64. The minimum Gasteiger partial charge on any atom is -0.493 e. The first-order valence-electron chi connectivity index (χ1n) is 8.32. The quantitative estimate of drug-likeness (QED) is 0.845. The number of fused-ring (bicyclic) bond motifs is 1. The van der Waals surface area contributed by atoms with Crippen LogP contribution in [0, 0.1) is 0 Å². The number of likely N-dealkylation sites (tertiary alicyclic amines) is 1. The summed E-state index contributed by atoms with van der Waals surface area (Å²) in [5.74, 6) is 0.787. The Labute approximate surface area is 141 Å². The van der Waals surface area contributed by atoms with E-state index in [1.54, 1.807) is 12.0 Å². The van der Waals surface area contributed by atoms with Gasteiger partial charge in [-0.15, -0.1) is 0 Å². The van der Waals surface area contributed by atoms with Crippen LogP contribution >= 0.6 is 0 Å². The van der Waals surface area contributed by atoms with Gasteiger partial charge in [-0.2, -0.15) is 0 Å². The molecule has 1 saturated heterocycles. The van der Waals surface area contributed by atoms with E-state index in [1.165, 1.54) is 0 Å². The molecule has 6 nitrogen and oxygen atoms in total. The van der Waals surface area contributed by atoms with Crippen LogP contribution in [0.15, 0.2) is 24.4 Å². The Balaban J connectivity index is 1.83. The highest BCUT2D eigenvalue weighted by Gasteiger charge is 2.34. The van der Waals surface area contributed by atoms with Crippen LogP contribution in [0.3, 0.4) is 0 Å². The molecule has 130 valence electrons. The van der Waals surface area contributed by atoms with Gasteiger partial charge < -0.3 is 24.5 Å². The summed E-state index contributed by atoms with van der Waals surface area (Å²) in [5.41, 5.74) is 1.87. The van der Waals surface area contributed by atoms with Gasteiger partial charge in [-0.25, -0.2) is 0 Å². The molecule has 0 unspecified atom stereocenters. The van der Waals surface area contributed by atoms with E-state index in [0.29, 0.717) is 19.6 Å². The van der Waals surface area contributed by atoms with Crippen LogP contribution < -0.4 is 4.74 Å². The zero-order valence-corrected chi connectivity index (χ0v) is 14.1. The van der Waals surface area contributed by atoms with E-state index in [0.717, 1.165) is 22.2 Å². The van der Waals surface area contributed by atoms with Crippen molar-refractivity contribution in [3.63, 3.8) is 0 Å². The minimum atomic E-state index is -0.168. The average molecular weight is 332 g/mol. The second-order valence-corrected chi connectivity index (χ2v) is 6.08. The van der Waals surface area contributed by atoms with Gasteiger partial charge in [-0.1, -0.05) is 6.07 Å². The molecule has 1 aromatic carbocycles. The zero-order chi connectivity index (χ0) is 17.1. The largest absolute Gasteiger partial charge is 0.493 e. The van der Waals surface area contributed by atoms with E-state index in [4.69, 9.17) is 9.47 Å². The van der Waals surface area contributed by atoms with E-state index >= 15 is 0 Å². The van der Waals surface area contributed by atoms with Crippen LogP contribution in [0.5, 0.6) is 5.75 Å². The smallest absolute Gasteiger partial charge is 0.227 e. The van der Waals surface area contributed by atoms with Crippen LogP contribution in [-0.4, -0.2) is 59.9 Å². The van der Waals surface area contributed by atoms with Crippen molar-refractivity contribution in [2.75, 3.05) is 26.9 Å². The number of nitrogens with one attached hydrogen (secondary N) is 1. The Morgan fingerprint density at radius 1 is 1.46 bits per heavy atom. The van der Waals surface area contributed by atoms with Crippen LogP contribution in [0.4, 0.5) is 0 Å².